The number of amides is 1. The molecule has 1 aromatic heterocycles. The minimum Gasteiger partial charge on any atom is -0.346 e. The Labute approximate surface area is 109 Å². The number of ether oxygens (including phenoxy) is 2. The van der Waals surface area contributed by atoms with Gasteiger partial charge in [0.1, 0.15) is 0 Å². The highest BCUT2D eigenvalue weighted by atomic mass is 16.7. The van der Waals surface area contributed by atoms with Gasteiger partial charge in [-0.2, -0.15) is 5.10 Å². The summed E-state index contributed by atoms with van der Waals surface area (Å²) in [6.45, 7) is 1.23. The first kappa shape index (κ1) is 11.9. The Hall–Kier alpha value is -2.18. The van der Waals surface area contributed by atoms with E-state index in [0.717, 1.165) is 5.56 Å². The molecule has 0 radical (unpaired) electrons. The van der Waals surface area contributed by atoms with Gasteiger partial charge in [0.05, 0.1) is 25.0 Å². The van der Waals surface area contributed by atoms with E-state index < -0.39 is 0 Å². The van der Waals surface area contributed by atoms with Gasteiger partial charge in [-0.05, 0) is 12.1 Å². The minimum atomic E-state index is -0.293. The van der Waals surface area contributed by atoms with Gasteiger partial charge in [0.25, 0.3) is 5.91 Å². The van der Waals surface area contributed by atoms with Crippen molar-refractivity contribution in [2.24, 2.45) is 0 Å². The van der Waals surface area contributed by atoms with Gasteiger partial charge >= 0.3 is 0 Å². The van der Waals surface area contributed by atoms with Crippen LogP contribution in [-0.2, 0) is 9.47 Å². The fourth-order valence-corrected chi connectivity index (χ4v) is 1.85. The Morgan fingerprint density at radius 1 is 1.26 bits per heavy atom. The zero-order valence-corrected chi connectivity index (χ0v) is 10.1. The SMILES string of the molecule is O=C(Nc1ccc(C2OCCO2)cc1)c1cn[nH]c1. The van der Waals surface area contributed by atoms with Crippen molar-refractivity contribution in [3.8, 4) is 0 Å². The lowest BCUT2D eigenvalue weighted by atomic mass is 10.2. The average molecular weight is 259 g/mol. The van der Waals surface area contributed by atoms with Crippen LogP contribution in [0.25, 0.3) is 0 Å². The Balaban J connectivity index is 1.67. The van der Waals surface area contributed by atoms with E-state index in [1.807, 2.05) is 24.3 Å². The van der Waals surface area contributed by atoms with Crippen LogP contribution < -0.4 is 5.32 Å². The number of carbonyl (C=O) groups is 1. The summed E-state index contributed by atoms with van der Waals surface area (Å²) in [4.78, 5) is 11.8. The van der Waals surface area contributed by atoms with Crippen LogP contribution in [-0.4, -0.2) is 29.3 Å². The van der Waals surface area contributed by atoms with Crippen molar-refractivity contribution in [2.45, 2.75) is 6.29 Å². The average Bonchev–Trinajstić information content (AvgIpc) is 3.13. The summed E-state index contributed by atoms with van der Waals surface area (Å²) < 4.78 is 10.8. The number of nitrogens with zero attached hydrogens (tertiary/aromatic N) is 1. The number of rotatable bonds is 3. The maximum Gasteiger partial charge on any atom is 0.258 e. The molecule has 6 heteroatoms. The van der Waals surface area contributed by atoms with E-state index >= 15 is 0 Å². The monoisotopic (exact) mass is 259 g/mol. The van der Waals surface area contributed by atoms with Crippen LogP contribution in [0.15, 0.2) is 36.7 Å². The van der Waals surface area contributed by atoms with Crippen LogP contribution >= 0.6 is 0 Å². The Bertz CT molecular complexity index is 545. The predicted molar refractivity (Wildman–Crippen MR) is 67.6 cm³/mol. The van der Waals surface area contributed by atoms with E-state index in [1.54, 1.807) is 6.20 Å². The molecule has 6 nitrogen and oxygen atoms in total. The highest BCUT2D eigenvalue weighted by Gasteiger charge is 2.17. The predicted octanol–water partition coefficient (Wildman–Crippen LogP) is 1.71. The number of aromatic nitrogens is 2. The van der Waals surface area contributed by atoms with Crippen LogP contribution in [0.4, 0.5) is 5.69 Å². The second kappa shape index (κ2) is 5.21. The quantitative estimate of drug-likeness (QED) is 0.879. The normalized spacial score (nSPS) is 15.6. The van der Waals surface area contributed by atoms with Crippen LogP contribution in [0.3, 0.4) is 0 Å². The molecule has 1 fully saturated rings. The summed E-state index contributed by atoms with van der Waals surface area (Å²) in [6, 6.07) is 7.39. The Kier molecular flexibility index (Phi) is 3.26. The maximum absolute atomic E-state index is 11.8. The molecule has 0 saturated carbocycles. The Morgan fingerprint density at radius 2 is 2.00 bits per heavy atom. The molecule has 0 bridgehead atoms. The van der Waals surface area contributed by atoms with Gasteiger partial charge < -0.3 is 14.8 Å². The lowest BCUT2D eigenvalue weighted by Crippen LogP contribution is -2.11. The van der Waals surface area contributed by atoms with Gasteiger partial charge in [-0.25, -0.2) is 0 Å². The van der Waals surface area contributed by atoms with Gasteiger partial charge in [-0.3, -0.25) is 9.89 Å². The fourth-order valence-electron chi connectivity index (χ4n) is 1.85. The number of H-pyrrole nitrogens is 1. The smallest absolute Gasteiger partial charge is 0.258 e. The van der Waals surface area contributed by atoms with E-state index in [1.165, 1.54) is 6.20 Å². The van der Waals surface area contributed by atoms with Crippen LogP contribution in [0, 0.1) is 0 Å². The fraction of sp³-hybridized carbons (Fsp3) is 0.231. The first-order valence-corrected chi connectivity index (χ1v) is 5.96. The lowest BCUT2D eigenvalue weighted by molar-refractivity contribution is -0.0441. The molecule has 1 amide bonds. The molecule has 2 aromatic rings. The van der Waals surface area contributed by atoms with Gasteiger partial charge in [0.15, 0.2) is 6.29 Å². The van der Waals surface area contributed by atoms with Crippen molar-refractivity contribution in [1.29, 1.82) is 0 Å². The number of aromatic amines is 1. The summed E-state index contributed by atoms with van der Waals surface area (Å²) in [7, 11) is 0. The topological polar surface area (TPSA) is 76.2 Å². The molecule has 0 aliphatic carbocycles. The Morgan fingerprint density at radius 3 is 2.63 bits per heavy atom. The molecule has 0 spiro atoms. The molecular weight excluding hydrogens is 246 g/mol. The van der Waals surface area contributed by atoms with Gasteiger partial charge in [0.2, 0.25) is 0 Å². The van der Waals surface area contributed by atoms with Crippen molar-refractivity contribution >= 4 is 11.6 Å². The zero-order chi connectivity index (χ0) is 13.1. The molecule has 1 saturated heterocycles. The highest BCUT2D eigenvalue weighted by molar-refractivity contribution is 6.03. The summed E-state index contributed by atoms with van der Waals surface area (Å²) in [6.07, 6.45) is 2.73. The molecule has 0 atom stereocenters. The minimum absolute atomic E-state index is 0.199. The number of hydrogen-bond donors (Lipinski definition) is 2. The summed E-state index contributed by atoms with van der Waals surface area (Å²) in [5.74, 6) is -0.199. The molecule has 2 heterocycles. The second-order valence-electron chi connectivity index (χ2n) is 4.14. The highest BCUT2D eigenvalue weighted by Crippen LogP contribution is 2.24. The molecule has 3 rings (SSSR count). The molecule has 19 heavy (non-hydrogen) atoms. The number of benzene rings is 1. The molecule has 1 aromatic carbocycles. The third-order valence-corrected chi connectivity index (χ3v) is 2.82. The lowest BCUT2D eigenvalue weighted by Gasteiger charge is -2.10. The number of hydrogen-bond acceptors (Lipinski definition) is 4. The summed E-state index contributed by atoms with van der Waals surface area (Å²) in [5.41, 5.74) is 2.15. The third kappa shape index (κ3) is 2.64. The van der Waals surface area contributed by atoms with Gasteiger partial charge in [0, 0.05) is 17.4 Å². The van der Waals surface area contributed by atoms with Crippen LogP contribution in [0.1, 0.15) is 22.2 Å². The standard InChI is InChI=1S/C13H13N3O3/c17-12(10-7-14-15-8-10)16-11-3-1-9(2-4-11)13-18-5-6-19-13/h1-4,7-8,13H,5-6H2,(H,14,15)(H,16,17). The van der Waals surface area contributed by atoms with E-state index in [4.69, 9.17) is 9.47 Å². The van der Waals surface area contributed by atoms with Crippen molar-refractivity contribution in [1.82, 2.24) is 10.2 Å². The van der Waals surface area contributed by atoms with Gasteiger partial charge in [-0.1, -0.05) is 12.1 Å². The van der Waals surface area contributed by atoms with Crippen LogP contribution in [0.5, 0.6) is 0 Å². The first-order valence-electron chi connectivity index (χ1n) is 5.96. The van der Waals surface area contributed by atoms with Crippen molar-refractivity contribution < 1.29 is 14.3 Å². The van der Waals surface area contributed by atoms with E-state index in [2.05, 4.69) is 15.5 Å². The number of carbonyl (C=O) groups excluding carboxylic acids is 1. The second-order valence-corrected chi connectivity index (χ2v) is 4.14. The molecule has 98 valence electrons. The summed E-state index contributed by atoms with van der Waals surface area (Å²) in [5, 5.41) is 9.11. The van der Waals surface area contributed by atoms with E-state index in [0.29, 0.717) is 24.5 Å². The van der Waals surface area contributed by atoms with Crippen molar-refractivity contribution in [3.63, 3.8) is 0 Å². The molecule has 1 aliphatic rings. The third-order valence-electron chi connectivity index (χ3n) is 2.82. The van der Waals surface area contributed by atoms with E-state index in [-0.39, 0.29) is 12.2 Å². The first-order chi connectivity index (χ1) is 9.33. The molecule has 1 aliphatic heterocycles. The van der Waals surface area contributed by atoms with Crippen molar-refractivity contribution in [3.05, 3.63) is 47.8 Å². The number of anilines is 1. The van der Waals surface area contributed by atoms with Crippen LogP contribution in [0.2, 0.25) is 0 Å². The largest absolute Gasteiger partial charge is 0.346 e. The molecule has 2 N–H and O–H groups in total. The van der Waals surface area contributed by atoms with E-state index in [9.17, 15) is 4.79 Å². The number of nitrogens with one attached hydrogen (secondary N) is 2. The molecular formula is C13H13N3O3. The van der Waals surface area contributed by atoms with Crippen molar-refractivity contribution in [2.75, 3.05) is 18.5 Å². The maximum atomic E-state index is 11.8. The zero-order valence-electron chi connectivity index (χ0n) is 10.1. The van der Waals surface area contributed by atoms with Gasteiger partial charge in [-0.15, -0.1) is 0 Å². The molecule has 0 unspecified atom stereocenters. The summed E-state index contributed by atoms with van der Waals surface area (Å²) >= 11 is 0.